The Balaban J connectivity index is 1.86. The van der Waals surface area contributed by atoms with E-state index in [9.17, 15) is 4.79 Å². The van der Waals surface area contributed by atoms with Gasteiger partial charge in [-0.25, -0.2) is 0 Å². The van der Waals surface area contributed by atoms with Crippen LogP contribution in [0.1, 0.15) is 17.3 Å². The lowest BCUT2D eigenvalue weighted by Gasteiger charge is -2.15. The third-order valence-corrected chi connectivity index (χ3v) is 4.00. The number of halogens is 1. The van der Waals surface area contributed by atoms with Crippen LogP contribution in [0.5, 0.6) is 11.5 Å². The molecule has 4 nitrogen and oxygen atoms in total. The smallest absolute Gasteiger partial charge is 0.252 e. The summed E-state index contributed by atoms with van der Waals surface area (Å²) in [5, 5.41) is 2.94. The Bertz CT molecular complexity index is 628. The minimum absolute atomic E-state index is 0.0872. The van der Waals surface area contributed by atoms with Gasteiger partial charge in [-0.15, -0.1) is 0 Å². The standard InChI is InChI=1S/C17H18INO3/c1-12(11-22-14-9-7-13(21-2)8-10-14)19-17(20)15-5-3-4-6-16(15)18/h3-10,12H,11H2,1-2H3,(H,19,20)/t12-/m1/s1. The summed E-state index contributed by atoms with van der Waals surface area (Å²) in [6.07, 6.45) is 0. The molecule has 0 saturated heterocycles. The summed E-state index contributed by atoms with van der Waals surface area (Å²) in [4.78, 5) is 12.2. The van der Waals surface area contributed by atoms with Gasteiger partial charge in [0.1, 0.15) is 18.1 Å². The molecule has 0 aliphatic rings. The molecule has 2 rings (SSSR count). The van der Waals surface area contributed by atoms with Crippen molar-refractivity contribution in [3.63, 3.8) is 0 Å². The van der Waals surface area contributed by atoms with Crippen molar-refractivity contribution >= 4 is 28.5 Å². The number of benzene rings is 2. The zero-order valence-corrected chi connectivity index (χ0v) is 14.7. The molecule has 0 aliphatic heterocycles. The number of hydrogen-bond acceptors (Lipinski definition) is 3. The minimum Gasteiger partial charge on any atom is -0.497 e. The molecule has 1 amide bonds. The molecule has 0 bridgehead atoms. The van der Waals surface area contributed by atoms with Gasteiger partial charge >= 0.3 is 0 Å². The number of carbonyl (C=O) groups is 1. The highest BCUT2D eigenvalue weighted by Crippen LogP contribution is 2.17. The van der Waals surface area contributed by atoms with Gasteiger partial charge in [0.05, 0.1) is 18.7 Å². The summed E-state index contributed by atoms with van der Waals surface area (Å²) < 4.78 is 11.7. The zero-order valence-electron chi connectivity index (χ0n) is 12.5. The molecule has 116 valence electrons. The van der Waals surface area contributed by atoms with E-state index in [4.69, 9.17) is 9.47 Å². The summed E-state index contributed by atoms with van der Waals surface area (Å²) in [6, 6.07) is 14.8. The van der Waals surface area contributed by atoms with Crippen molar-refractivity contribution < 1.29 is 14.3 Å². The summed E-state index contributed by atoms with van der Waals surface area (Å²) in [7, 11) is 1.62. The molecule has 0 spiro atoms. The summed E-state index contributed by atoms with van der Waals surface area (Å²) in [5.74, 6) is 1.44. The third-order valence-electron chi connectivity index (χ3n) is 3.06. The Kier molecular flexibility index (Phi) is 6.06. The average molecular weight is 411 g/mol. The van der Waals surface area contributed by atoms with Crippen LogP contribution < -0.4 is 14.8 Å². The van der Waals surface area contributed by atoms with E-state index in [1.165, 1.54) is 0 Å². The number of carbonyl (C=O) groups excluding carboxylic acids is 1. The zero-order chi connectivity index (χ0) is 15.9. The largest absolute Gasteiger partial charge is 0.497 e. The second-order valence-corrected chi connectivity index (χ2v) is 6.00. The minimum atomic E-state index is -0.0920. The van der Waals surface area contributed by atoms with Crippen molar-refractivity contribution in [3.05, 3.63) is 57.7 Å². The molecule has 1 N–H and O–H groups in total. The van der Waals surface area contributed by atoms with Crippen molar-refractivity contribution in [3.8, 4) is 11.5 Å². The fraction of sp³-hybridized carbons (Fsp3) is 0.235. The maximum absolute atomic E-state index is 12.2. The first-order valence-corrected chi connectivity index (χ1v) is 8.00. The number of ether oxygens (including phenoxy) is 2. The van der Waals surface area contributed by atoms with E-state index < -0.39 is 0 Å². The quantitative estimate of drug-likeness (QED) is 0.741. The van der Waals surface area contributed by atoms with Crippen LogP contribution in [0.2, 0.25) is 0 Å². The molecule has 0 heterocycles. The van der Waals surface area contributed by atoms with Crippen LogP contribution in [-0.4, -0.2) is 25.7 Å². The topological polar surface area (TPSA) is 47.6 Å². The monoisotopic (exact) mass is 411 g/mol. The van der Waals surface area contributed by atoms with Gasteiger partial charge < -0.3 is 14.8 Å². The van der Waals surface area contributed by atoms with E-state index in [0.717, 1.165) is 15.1 Å². The maximum Gasteiger partial charge on any atom is 0.252 e. The summed E-state index contributed by atoms with van der Waals surface area (Å²) >= 11 is 2.16. The summed E-state index contributed by atoms with van der Waals surface area (Å²) in [6.45, 7) is 2.32. The lowest BCUT2D eigenvalue weighted by atomic mass is 10.2. The van der Waals surface area contributed by atoms with Gasteiger partial charge in [0.2, 0.25) is 0 Å². The molecule has 0 radical (unpaired) electrons. The lowest BCUT2D eigenvalue weighted by molar-refractivity contribution is 0.0926. The first kappa shape index (κ1) is 16.6. The number of rotatable bonds is 6. The molecule has 0 fully saturated rings. The van der Waals surface area contributed by atoms with Crippen LogP contribution in [0.4, 0.5) is 0 Å². The molecular formula is C17H18INO3. The van der Waals surface area contributed by atoms with Gasteiger partial charge in [0, 0.05) is 3.57 Å². The van der Waals surface area contributed by atoms with Crippen molar-refractivity contribution in [2.24, 2.45) is 0 Å². The van der Waals surface area contributed by atoms with Crippen molar-refractivity contribution in [2.75, 3.05) is 13.7 Å². The average Bonchev–Trinajstić information content (AvgIpc) is 2.53. The molecule has 0 saturated carbocycles. The van der Waals surface area contributed by atoms with Gasteiger partial charge in [0.25, 0.3) is 5.91 Å². The van der Waals surface area contributed by atoms with Crippen molar-refractivity contribution in [2.45, 2.75) is 13.0 Å². The van der Waals surface area contributed by atoms with Crippen LogP contribution in [0.3, 0.4) is 0 Å². The summed E-state index contributed by atoms with van der Waals surface area (Å²) in [5.41, 5.74) is 0.680. The van der Waals surface area contributed by atoms with Crippen LogP contribution in [0.15, 0.2) is 48.5 Å². The molecule has 2 aromatic rings. The molecule has 1 atom stereocenters. The maximum atomic E-state index is 12.2. The molecule has 22 heavy (non-hydrogen) atoms. The second kappa shape index (κ2) is 8.03. The number of methoxy groups -OCH3 is 1. The van der Waals surface area contributed by atoms with E-state index in [1.807, 2.05) is 55.5 Å². The highest BCUT2D eigenvalue weighted by atomic mass is 127. The van der Waals surface area contributed by atoms with Gasteiger partial charge in [0.15, 0.2) is 0 Å². The number of amides is 1. The van der Waals surface area contributed by atoms with Gasteiger partial charge in [-0.3, -0.25) is 4.79 Å². The normalized spacial score (nSPS) is 11.6. The highest BCUT2D eigenvalue weighted by molar-refractivity contribution is 14.1. The van der Waals surface area contributed by atoms with Crippen LogP contribution in [-0.2, 0) is 0 Å². The van der Waals surface area contributed by atoms with Crippen LogP contribution in [0.25, 0.3) is 0 Å². The van der Waals surface area contributed by atoms with Crippen molar-refractivity contribution in [1.29, 1.82) is 0 Å². The Morgan fingerprint density at radius 3 is 2.41 bits per heavy atom. The van der Waals surface area contributed by atoms with Crippen LogP contribution in [0, 0.1) is 3.57 Å². The van der Waals surface area contributed by atoms with Crippen molar-refractivity contribution in [1.82, 2.24) is 5.32 Å². The predicted octanol–water partition coefficient (Wildman–Crippen LogP) is 3.50. The first-order chi connectivity index (χ1) is 10.6. The number of nitrogens with one attached hydrogen (secondary N) is 1. The fourth-order valence-corrected chi connectivity index (χ4v) is 2.51. The third kappa shape index (κ3) is 4.62. The van der Waals surface area contributed by atoms with E-state index in [-0.39, 0.29) is 11.9 Å². The van der Waals surface area contributed by atoms with E-state index in [1.54, 1.807) is 7.11 Å². The molecule has 0 unspecified atom stereocenters. The first-order valence-electron chi connectivity index (χ1n) is 6.92. The Labute approximate surface area is 144 Å². The molecule has 5 heteroatoms. The van der Waals surface area contributed by atoms with E-state index >= 15 is 0 Å². The van der Waals surface area contributed by atoms with E-state index in [0.29, 0.717) is 12.2 Å². The van der Waals surface area contributed by atoms with Gasteiger partial charge in [-0.1, -0.05) is 12.1 Å². The lowest BCUT2D eigenvalue weighted by Crippen LogP contribution is -2.37. The second-order valence-electron chi connectivity index (χ2n) is 4.84. The molecular weight excluding hydrogens is 393 g/mol. The van der Waals surface area contributed by atoms with Gasteiger partial charge in [-0.2, -0.15) is 0 Å². The highest BCUT2D eigenvalue weighted by Gasteiger charge is 2.12. The number of hydrogen-bond donors (Lipinski definition) is 1. The SMILES string of the molecule is COc1ccc(OC[C@@H](C)NC(=O)c2ccccc2I)cc1. The fourth-order valence-electron chi connectivity index (χ4n) is 1.88. The Morgan fingerprint density at radius 2 is 1.77 bits per heavy atom. The van der Waals surface area contributed by atoms with Gasteiger partial charge in [-0.05, 0) is 65.9 Å². The Morgan fingerprint density at radius 1 is 1.14 bits per heavy atom. The Hall–Kier alpha value is -1.76. The predicted molar refractivity (Wildman–Crippen MR) is 94.6 cm³/mol. The molecule has 0 aliphatic carbocycles. The molecule has 0 aromatic heterocycles. The van der Waals surface area contributed by atoms with Crippen LogP contribution >= 0.6 is 22.6 Å². The molecule has 2 aromatic carbocycles. The van der Waals surface area contributed by atoms with E-state index in [2.05, 4.69) is 27.9 Å².